The van der Waals surface area contributed by atoms with Gasteiger partial charge < -0.3 is 0 Å². The minimum Gasteiger partial charge on any atom is -0.228 e. The van der Waals surface area contributed by atoms with Crippen LogP contribution in [-0.4, -0.2) is 13.2 Å². The largest absolute Gasteiger partial charge is 0.228 e. The third kappa shape index (κ3) is 4.96. The van der Waals surface area contributed by atoms with Gasteiger partial charge in [0.1, 0.15) is 0 Å². The molecule has 4 heteroatoms. The lowest BCUT2D eigenvalue weighted by molar-refractivity contribution is 0.535. The first-order valence-corrected chi connectivity index (χ1v) is 8.59. The molecular weight excluding hydrogens is 234 g/mol. The molecule has 1 aliphatic rings. The molecule has 0 unspecified atom stereocenters. The van der Waals surface area contributed by atoms with E-state index in [2.05, 4.69) is 6.92 Å². The highest BCUT2D eigenvalue weighted by molar-refractivity contribution is 7.90. The molecule has 0 radical (unpaired) electrons. The first-order valence-electron chi connectivity index (χ1n) is 7.04. The van der Waals surface area contributed by atoms with Crippen LogP contribution in [0.3, 0.4) is 0 Å². The summed E-state index contributed by atoms with van der Waals surface area (Å²) >= 11 is 0. The van der Waals surface area contributed by atoms with Crippen molar-refractivity contribution >= 4 is 10.0 Å². The van der Waals surface area contributed by atoms with E-state index in [9.17, 15) is 8.42 Å². The molecule has 1 aliphatic carbocycles. The van der Waals surface area contributed by atoms with Gasteiger partial charge in [-0.15, -0.1) is 0 Å². The third-order valence-corrected chi connectivity index (χ3v) is 5.72. The zero-order valence-corrected chi connectivity index (χ0v) is 11.9. The Hall–Kier alpha value is -0.0900. The zero-order chi connectivity index (χ0) is 12.8. The van der Waals surface area contributed by atoms with Gasteiger partial charge in [0.15, 0.2) is 0 Å². The molecule has 1 fully saturated rings. The summed E-state index contributed by atoms with van der Waals surface area (Å²) in [5.41, 5.74) is 0. The van der Waals surface area contributed by atoms with Crippen molar-refractivity contribution in [2.45, 2.75) is 82.3 Å². The number of nitrogens with two attached hydrogens (primary N) is 1. The van der Waals surface area contributed by atoms with Gasteiger partial charge >= 0.3 is 0 Å². The fourth-order valence-corrected chi connectivity index (χ4v) is 3.50. The zero-order valence-electron chi connectivity index (χ0n) is 11.1. The van der Waals surface area contributed by atoms with Crippen LogP contribution in [0.1, 0.15) is 77.6 Å². The molecular formula is C13H27NO2S. The van der Waals surface area contributed by atoms with Crippen molar-refractivity contribution in [1.29, 1.82) is 0 Å². The first kappa shape index (κ1) is 15.0. The van der Waals surface area contributed by atoms with Gasteiger partial charge in [0.05, 0.1) is 4.75 Å². The van der Waals surface area contributed by atoms with Crippen molar-refractivity contribution in [3.8, 4) is 0 Å². The first-order chi connectivity index (χ1) is 8.02. The standard InChI is InChI=1S/C13H27NO2S/c1-2-3-4-5-6-7-8-9-10-13(11-12-13)17(14,15)16/h2-12H2,1H3,(H2,14,15,16). The second-order valence-electron chi connectivity index (χ2n) is 5.45. The molecule has 0 amide bonds. The van der Waals surface area contributed by atoms with Crippen LogP contribution < -0.4 is 5.14 Å². The Balaban J connectivity index is 1.98. The predicted molar refractivity (Wildman–Crippen MR) is 72.3 cm³/mol. The second-order valence-corrected chi connectivity index (χ2v) is 7.41. The molecule has 3 nitrogen and oxygen atoms in total. The highest BCUT2D eigenvalue weighted by atomic mass is 32.2. The van der Waals surface area contributed by atoms with Crippen molar-refractivity contribution in [2.75, 3.05) is 0 Å². The summed E-state index contributed by atoms with van der Waals surface area (Å²) in [6.45, 7) is 2.22. The van der Waals surface area contributed by atoms with E-state index in [1.807, 2.05) is 0 Å². The number of primary sulfonamides is 1. The van der Waals surface area contributed by atoms with Crippen LogP contribution in [0.25, 0.3) is 0 Å². The van der Waals surface area contributed by atoms with Gasteiger partial charge in [0.25, 0.3) is 0 Å². The minimum absolute atomic E-state index is 0.519. The molecule has 0 aromatic carbocycles. The van der Waals surface area contributed by atoms with Crippen molar-refractivity contribution in [3.63, 3.8) is 0 Å². The topological polar surface area (TPSA) is 60.2 Å². The fraction of sp³-hybridized carbons (Fsp3) is 1.00. The second kappa shape index (κ2) is 6.74. The number of sulfonamides is 1. The number of unbranched alkanes of at least 4 members (excludes halogenated alkanes) is 7. The Morgan fingerprint density at radius 1 is 0.941 bits per heavy atom. The van der Waals surface area contributed by atoms with Crippen LogP contribution in [0.2, 0.25) is 0 Å². The highest BCUT2D eigenvalue weighted by Crippen LogP contribution is 2.46. The van der Waals surface area contributed by atoms with Gasteiger partial charge in [-0.3, -0.25) is 0 Å². The maximum Gasteiger partial charge on any atom is 0.214 e. The Morgan fingerprint density at radius 3 is 1.82 bits per heavy atom. The molecule has 2 N–H and O–H groups in total. The van der Waals surface area contributed by atoms with E-state index in [0.717, 1.165) is 32.1 Å². The van der Waals surface area contributed by atoms with E-state index >= 15 is 0 Å². The molecule has 1 saturated carbocycles. The Labute approximate surface area is 106 Å². The molecule has 17 heavy (non-hydrogen) atoms. The Morgan fingerprint density at radius 2 is 1.41 bits per heavy atom. The SMILES string of the molecule is CCCCCCCCCCC1(S(N)(=O)=O)CC1. The summed E-state index contributed by atoms with van der Waals surface area (Å²) < 4.78 is 22.1. The fourth-order valence-electron chi connectivity index (χ4n) is 2.40. The van der Waals surface area contributed by atoms with E-state index in [1.54, 1.807) is 0 Å². The van der Waals surface area contributed by atoms with E-state index in [0.29, 0.717) is 0 Å². The average molecular weight is 261 g/mol. The summed E-state index contributed by atoms with van der Waals surface area (Å²) in [6.07, 6.45) is 12.4. The van der Waals surface area contributed by atoms with Gasteiger partial charge in [-0.1, -0.05) is 58.3 Å². The Kier molecular flexibility index (Phi) is 5.93. The molecule has 0 aromatic rings. The van der Waals surface area contributed by atoms with Crippen LogP contribution in [0.15, 0.2) is 0 Å². The van der Waals surface area contributed by atoms with Crippen molar-refractivity contribution < 1.29 is 8.42 Å². The van der Waals surface area contributed by atoms with E-state index in [1.165, 1.54) is 38.5 Å². The molecule has 0 saturated heterocycles. The predicted octanol–water partition coefficient (Wildman–Crippen LogP) is 3.34. The van der Waals surface area contributed by atoms with Crippen LogP contribution in [0.5, 0.6) is 0 Å². The van der Waals surface area contributed by atoms with Crippen LogP contribution in [-0.2, 0) is 10.0 Å². The lowest BCUT2D eigenvalue weighted by atomic mass is 10.1. The molecule has 1 rings (SSSR count). The van der Waals surface area contributed by atoms with E-state index < -0.39 is 14.8 Å². The van der Waals surface area contributed by atoms with Gasteiger partial charge in [0, 0.05) is 0 Å². The third-order valence-electron chi connectivity index (χ3n) is 3.90. The number of rotatable bonds is 10. The van der Waals surface area contributed by atoms with E-state index in [-0.39, 0.29) is 0 Å². The molecule has 0 heterocycles. The van der Waals surface area contributed by atoms with Crippen LogP contribution in [0, 0.1) is 0 Å². The van der Waals surface area contributed by atoms with Gasteiger partial charge in [-0.25, -0.2) is 13.6 Å². The summed E-state index contributed by atoms with van der Waals surface area (Å²) in [6, 6.07) is 0. The average Bonchev–Trinajstić information content (AvgIpc) is 3.02. The quantitative estimate of drug-likeness (QED) is 0.613. The highest BCUT2D eigenvalue weighted by Gasteiger charge is 2.51. The smallest absolute Gasteiger partial charge is 0.214 e. The van der Waals surface area contributed by atoms with Crippen LogP contribution >= 0.6 is 0 Å². The lowest BCUT2D eigenvalue weighted by Crippen LogP contribution is -2.30. The normalized spacial score (nSPS) is 18.2. The maximum atomic E-state index is 11.3. The van der Waals surface area contributed by atoms with Gasteiger partial charge in [-0.05, 0) is 19.3 Å². The van der Waals surface area contributed by atoms with Gasteiger partial charge in [-0.2, -0.15) is 0 Å². The summed E-state index contributed by atoms with van der Waals surface area (Å²) in [4.78, 5) is 0. The minimum atomic E-state index is -3.30. The number of hydrogen-bond acceptors (Lipinski definition) is 2. The summed E-state index contributed by atoms with van der Waals surface area (Å²) in [7, 11) is -3.30. The molecule has 0 aromatic heterocycles. The van der Waals surface area contributed by atoms with Crippen molar-refractivity contribution in [3.05, 3.63) is 0 Å². The van der Waals surface area contributed by atoms with Crippen LogP contribution in [0.4, 0.5) is 0 Å². The molecule has 0 atom stereocenters. The van der Waals surface area contributed by atoms with Gasteiger partial charge in [0.2, 0.25) is 10.0 Å². The molecule has 0 spiro atoms. The van der Waals surface area contributed by atoms with Crippen molar-refractivity contribution in [1.82, 2.24) is 0 Å². The summed E-state index contributed by atoms with van der Waals surface area (Å²) in [5, 5.41) is 5.24. The molecule has 102 valence electrons. The summed E-state index contributed by atoms with van der Waals surface area (Å²) in [5.74, 6) is 0. The number of hydrogen-bond donors (Lipinski definition) is 1. The maximum absolute atomic E-state index is 11.3. The van der Waals surface area contributed by atoms with E-state index in [4.69, 9.17) is 5.14 Å². The van der Waals surface area contributed by atoms with Crippen molar-refractivity contribution in [2.24, 2.45) is 5.14 Å². The lowest BCUT2D eigenvalue weighted by Gasteiger charge is -2.11. The molecule has 0 aliphatic heterocycles. The monoisotopic (exact) mass is 261 g/mol. The molecule has 0 bridgehead atoms. The Bertz CT molecular complexity index is 307.